The molecule has 3 rings (SSSR count). The molecule has 1 aromatic carbocycles. The molecule has 0 fully saturated rings. The van der Waals surface area contributed by atoms with Gasteiger partial charge in [-0.3, -0.25) is 4.79 Å². The fourth-order valence-electron chi connectivity index (χ4n) is 3.12. The number of ether oxygens (including phenoxy) is 1. The normalized spacial score (nSPS) is 11.0. The number of aromatic nitrogens is 1. The van der Waals surface area contributed by atoms with Crippen LogP contribution in [0, 0.1) is 19.7 Å². The lowest BCUT2D eigenvalue weighted by atomic mass is 10.1. The number of nitrogens with zero attached hydrogens (tertiary/aromatic N) is 1. The number of methoxy groups -OCH3 is 1. The fraction of sp³-hybridized carbons (Fsp3) is 0.300. The molecule has 7 heteroatoms. The van der Waals surface area contributed by atoms with Crippen LogP contribution in [-0.2, 0) is 22.5 Å². The van der Waals surface area contributed by atoms with Gasteiger partial charge in [0.15, 0.2) is 0 Å². The molecule has 0 radical (unpaired) electrons. The predicted octanol–water partition coefficient (Wildman–Crippen LogP) is 3.50. The molecule has 142 valence electrons. The molecular formula is C20H21FN2O4. The molecule has 0 unspecified atom stereocenters. The average molecular weight is 372 g/mol. The maximum absolute atomic E-state index is 13.6. The number of carbonyl (C=O) groups excluding carboxylic acids is 2. The zero-order valence-electron chi connectivity index (χ0n) is 15.7. The molecule has 0 atom stereocenters. The highest BCUT2D eigenvalue weighted by Gasteiger charge is 2.20. The Bertz CT molecular complexity index is 1020. The number of benzene rings is 1. The Balaban J connectivity index is 1.76. The predicted molar refractivity (Wildman–Crippen MR) is 98.0 cm³/mol. The summed E-state index contributed by atoms with van der Waals surface area (Å²) in [5.41, 5.74) is 2.74. The third-order valence-corrected chi connectivity index (χ3v) is 4.60. The van der Waals surface area contributed by atoms with Gasteiger partial charge in [0.05, 0.1) is 20.1 Å². The van der Waals surface area contributed by atoms with Crippen molar-refractivity contribution in [3.8, 4) is 0 Å². The van der Waals surface area contributed by atoms with Gasteiger partial charge in [0, 0.05) is 23.6 Å². The smallest absolute Gasteiger partial charge is 0.341 e. The summed E-state index contributed by atoms with van der Waals surface area (Å²) in [6.45, 7) is 3.74. The summed E-state index contributed by atoms with van der Waals surface area (Å²) in [6.07, 6.45) is 0.134. The van der Waals surface area contributed by atoms with Crippen molar-refractivity contribution in [2.45, 2.75) is 26.8 Å². The number of amides is 1. The molecule has 1 N–H and O–H groups in total. The van der Waals surface area contributed by atoms with Crippen molar-refractivity contribution in [1.29, 1.82) is 0 Å². The highest BCUT2D eigenvalue weighted by Crippen LogP contribution is 2.24. The Morgan fingerprint density at radius 3 is 2.70 bits per heavy atom. The first-order valence-corrected chi connectivity index (χ1v) is 8.48. The van der Waals surface area contributed by atoms with Crippen LogP contribution in [0.5, 0.6) is 0 Å². The number of likely N-dealkylation sites (N-methyl/N-ethyl adjacent to an activating group) is 1. The second-order valence-corrected chi connectivity index (χ2v) is 6.52. The number of aryl methyl sites for hydroxylation is 2. The number of hydrogen-bond acceptors (Lipinski definition) is 4. The first-order chi connectivity index (χ1) is 12.8. The number of hydrogen-bond donors (Lipinski definition) is 1. The van der Waals surface area contributed by atoms with Crippen LogP contribution in [0.2, 0.25) is 0 Å². The Morgan fingerprint density at radius 2 is 2.00 bits per heavy atom. The Hall–Kier alpha value is -3.09. The van der Waals surface area contributed by atoms with Crippen LogP contribution in [0.3, 0.4) is 0 Å². The third-order valence-electron chi connectivity index (χ3n) is 4.60. The van der Waals surface area contributed by atoms with Gasteiger partial charge in [-0.1, -0.05) is 0 Å². The zero-order chi connectivity index (χ0) is 19.7. The van der Waals surface area contributed by atoms with Gasteiger partial charge in [-0.25, -0.2) is 9.18 Å². The number of nitrogens with one attached hydrogen (secondary N) is 1. The average Bonchev–Trinajstić information content (AvgIpc) is 3.14. The van der Waals surface area contributed by atoms with E-state index in [1.165, 1.54) is 24.1 Å². The number of halogens is 1. The van der Waals surface area contributed by atoms with Gasteiger partial charge in [-0.05, 0) is 43.7 Å². The van der Waals surface area contributed by atoms with Gasteiger partial charge in [-0.2, -0.15) is 0 Å². The van der Waals surface area contributed by atoms with Crippen molar-refractivity contribution >= 4 is 22.8 Å². The minimum absolute atomic E-state index is 0.134. The molecule has 27 heavy (non-hydrogen) atoms. The molecule has 0 aliphatic rings. The Labute approximate surface area is 155 Å². The minimum atomic E-state index is -0.479. The van der Waals surface area contributed by atoms with E-state index < -0.39 is 5.97 Å². The van der Waals surface area contributed by atoms with E-state index in [9.17, 15) is 14.0 Å². The fourth-order valence-corrected chi connectivity index (χ4v) is 3.12. The quantitative estimate of drug-likeness (QED) is 0.696. The summed E-state index contributed by atoms with van der Waals surface area (Å²) in [6, 6.07) is 6.06. The van der Waals surface area contributed by atoms with E-state index in [1.807, 2.05) is 6.92 Å². The van der Waals surface area contributed by atoms with Crippen molar-refractivity contribution in [3.05, 3.63) is 58.4 Å². The number of rotatable bonds is 5. The van der Waals surface area contributed by atoms with E-state index in [0.29, 0.717) is 22.5 Å². The van der Waals surface area contributed by atoms with E-state index >= 15 is 0 Å². The monoisotopic (exact) mass is 372 g/mol. The molecule has 0 bridgehead atoms. The number of esters is 1. The molecule has 0 saturated heterocycles. The van der Waals surface area contributed by atoms with Crippen molar-refractivity contribution in [1.82, 2.24) is 9.88 Å². The van der Waals surface area contributed by atoms with Gasteiger partial charge in [-0.15, -0.1) is 0 Å². The third kappa shape index (κ3) is 3.72. The van der Waals surface area contributed by atoms with Crippen LogP contribution in [-0.4, -0.2) is 35.9 Å². The molecule has 0 saturated carbocycles. The summed E-state index contributed by atoms with van der Waals surface area (Å²) in [7, 11) is 2.96. The summed E-state index contributed by atoms with van der Waals surface area (Å²) >= 11 is 0. The molecule has 3 aromatic rings. The summed E-state index contributed by atoms with van der Waals surface area (Å²) in [5, 5.41) is 0.705. The summed E-state index contributed by atoms with van der Waals surface area (Å²) in [4.78, 5) is 29.0. The molecule has 2 aromatic heterocycles. The van der Waals surface area contributed by atoms with E-state index in [1.54, 1.807) is 26.1 Å². The highest BCUT2D eigenvalue weighted by molar-refractivity contribution is 5.91. The number of carbonyl (C=O) groups is 2. The summed E-state index contributed by atoms with van der Waals surface area (Å²) < 4.78 is 23.8. The van der Waals surface area contributed by atoms with Crippen molar-refractivity contribution in [3.63, 3.8) is 0 Å². The minimum Gasteiger partial charge on any atom is -0.465 e. The molecule has 0 spiro atoms. The van der Waals surface area contributed by atoms with E-state index in [4.69, 9.17) is 9.15 Å². The van der Waals surface area contributed by atoms with E-state index in [0.717, 1.165) is 16.8 Å². The van der Waals surface area contributed by atoms with E-state index in [2.05, 4.69) is 4.98 Å². The number of furan rings is 1. The first-order valence-electron chi connectivity index (χ1n) is 8.48. The largest absolute Gasteiger partial charge is 0.465 e. The number of H-pyrrole nitrogens is 1. The van der Waals surface area contributed by atoms with Crippen molar-refractivity contribution < 1.29 is 23.1 Å². The molecule has 0 aliphatic heterocycles. The van der Waals surface area contributed by atoms with Gasteiger partial charge >= 0.3 is 5.97 Å². The number of aromatic amines is 1. The Kier molecular flexibility index (Phi) is 5.03. The van der Waals surface area contributed by atoms with Crippen LogP contribution >= 0.6 is 0 Å². The van der Waals surface area contributed by atoms with E-state index in [-0.39, 0.29) is 24.7 Å². The van der Waals surface area contributed by atoms with Crippen LogP contribution < -0.4 is 0 Å². The van der Waals surface area contributed by atoms with Gasteiger partial charge in [0.1, 0.15) is 22.9 Å². The maximum atomic E-state index is 13.6. The highest BCUT2D eigenvalue weighted by atomic mass is 19.1. The van der Waals surface area contributed by atoms with Gasteiger partial charge in [0.2, 0.25) is 5.91 Å². The van der Waals surface area contributed by atoms with Gasteiger partial charge < -0.3 is 19.0 Å². The SMILES string of the molecule is COC(=O)c1cc(CN(C)C(=O)Cc2c(C)[nH]c3ccc(F)cc23)oc1C. The van der Waals surface area contributed by atoms with Gasteiger partial charge in [0.25, 0.3) is 0 Å². The van der Waals surface area contributed by atoms with Crippen LogP contribution in [0.4, 0.5) is 4.39 Å². The van der Waals surface area contributed by atoms with Crippen LogP contribution in [0.15, 0.2) is 28.7 Å². The lowest BCUT2D eigenvalue weighted by Gasteiger charge is -2.16. The molecule has 1 amide bonds. The second kappa shape index (κ2) is 7.26. The van der Waals surface area contributed by atoms with Crippen LogP contribution in [0.1, 0.15) is 33.1 Å². The van der Waals surface area contributed by atoms with Crippen LogP contribution in [0.25, 0.3) is 10.9 Å². The topological polar surface area (TPSA) is 75.5 Å². The second-order valence-electron chi connectivity index (χ2n) is 6.52. The molecule has 2 heterocycles. The number of fused-ring (bicyclic) bond motifs is 1. The van der Waals surface area contributed by atoms with Crippen molar-refractivity contribution in [2.75, 3.05) is 14.2 Å². The Morgan fingerprint density at radius 1 is 1.26 bits per heavy atom. The summed E-state index contributed by atoms with van der Waals surface area (Å²) in [5.74, 6) is -0.0269. The first kappa shape index (κ1) is 18.7. The standard InChI is InChI=1S/C20H21FN2O4/c1-11-15(17-7-13(21)5-6-18(17)22-11)9-19(24)23(3)10-14-8-16(12(2)27-14)20(25)26-4/h5-8,22H,9-10H2,1-4H3. The lowest BCUT2D eigenvalue weighted by molar-refractivity contribution is -0.129. The maximum Gasteiger partial charge on any atom is 0.341 e. The zero-order valence-corrected chi connectivity index (χ0v) is 15.7. The molecular weight excluding hydrogens is 351 g/mol. The van der Waals surface area contributed by atoms with Crippen molar-refractivity contribution in [2.24, 2.45) is 0 Å². The lowest BCUT2D eigenvalue weighted by Crippen LogP contribution is -2.27. The molecule has 0 aliphatic carbocycles. The molecule has 6 nitrogen and oxygen atoms in total.